The van der Waals surface area contributed by atoms with E-state index < -0.39 is 42.0 Å². The zero-order chi connectivity index (χ0) is 28.2. The average Bonchev–Trinajstić information content (AvgIpc) is 3.35. The number of aliphatic imine (C=N–C) groups is 1. The van der Waals surface area contributed by atoms with Crippen LogP contribution in [-0.2, 0) is 25.6 Å². The van der Waals surface area contributed by atoms with Crippen molar-refractivity contribution in [2.45, 2.75) is 76.5 Å². The Morgan fingerprint density at radius 1 is 1.11 bits per heavy atom. The Morgan fingerprint density at radius 2 is 1.79 bits per heavy atom. The zero-order valence-electron chi connectivity index (χ0n) is 22.1. The van der Waals surface area contributed by atoms with Gasteiger partial charge in [0.15, 0.2) is 5.96 Å². The quantitative estimate of drug-likeness (QED) is 0.106. The lowest BCUT2D eigenvalue weighted by atomic mass is 10.0. The van der Waals surface area contributed by atoms with Crippen molar-refractivity contribution in [2.75, 3.05) is 13.1 Å². The number of carboxylic acids is 1. The molecule has 1 aliphatic rings. The van der Waals surface area contributed by atoms with E-state index in [1.807, 2.05) is 44.2 Å². The summed E-state index contributed by atoms with van der Waals surface area (Å²) in [5.41, 5.74) is 17.8. The summed E-state index contributed by atoms with van der Waals surface area (Å²) >= 11 is 0. The first-order valence-corrected chi connectivity index (χ1v) is 13.0. The monoisotopic (exact) mass is 531 g/mol. The summed E-state index contributed by atoms with van der Waals surface area (Å²) in [6, 6.07) is 5.68. The lowest BCUT2D eigenvalue weighted by Crippen LogP contribution is -2.56. The SMILES string of the molecule is CC(C)CC(NC(=O)C(CCCN=C(N)N)NC(=O)C1CCCN1C(=O)C(N)Cc1ccccc1)C(=O)O. The first-order valence-electron chi connectivity index (χ1n) is 13.0. The molecule has 1 heterocycles. The lowest BCUT2D eigenvalue weighted by molar-refractivity contribution is -0.143. The fourth-order valence-corrected chi connectivity index (χ4v) is 4.48. The molecule has 0 aliphatic carbocycles. The van der Waals surface area contributed by atoms with Crippen LogP contribution in [0.3, 0.4) is 0 Å². The third-order valence-corrected chi connectivity index (χ3v) is 6.35. The fourth-order valence-electron chi connectivity index (χ4n) is 4.48. The number of rotatable bonds is 14. The van der Waals surface area contributed by atoms with Crippen molar-refractivity contribution in [3.8, 4) is 0 Å². The maximum atomic E-state index is 13.3. The molecule has 3 amide bonds. The molecule has 1 fully saturated rings. The molecule has 2 rings (SSSR count). The number of nitrogens with zero attached hydrogens (tertiary/aromatic N) is 2. The molecule has 4 unspecified atom stereocenters. The molecule has 9 N–H and O–H groups in total. The summed E-state index contributed by atoms with van der Waals surface area (Å²) in [5, 5.41) is 14.8. The van der Waals surface area contributed by atoms with Gasteiger partial charge in [0.1, 0.15) is 18.1 Å². The number of aliphatic carboxylic acids is 1. The zero-order valence-corrected chi connectivity index (χ0v) is 22.1. The van der Waals surface area contributed by atoms with Gasteiger partial charge in [-0.15, -0.1) is 0 Å². The molecular weight excluding hydrogens is 490 g/mol. The van der Waals surface area contributed by atoms with Crippen molar-refractivity contribution in [3.05, 3.63) is 35.9 Å². The van der Waals surface area contributed by atoms with Gasteiger partial charge in [0.05, 0.1) is 6.04 Å². The van der Waals surface area contributed by atoms with Crippen LogP contribution < -0.4 is 27.8 Å². The van der Waals surface area contributed by atoms with Gasteiger partial charge in [0.25, 0.3) is 0 Å². The maximum Gasteiger partial charge on any atom is 0.326 e. The van der Waals surface area contributed by atoms with Crippen molar-refractivity contribution >= 4 is 29.7 Å². The number of likely N-dealkylation sites (tertiary alicyclic amines) is 1. The summed E-state index contributed by atoms with van der Waals surface area (Å²) in [7, 11) is 0. The maximum absolute atomic E-state index is 13.3. The normalized spacial score (nSPS) is 17.4. The predicted octanol–water partition coefficient (Wildman–Crippen LogP) is -0.299. The lowest BCUT2D eigenvalue weighted by Gasteiger charge is -2.29. The van der Waals surface area contributed by atoms with E-state index >= 15 is 0 Å². The topological polar surface area (TPSA) is 206 Å². The van der Waals surface area contributed by atoms with Gasteiger partial charge in [-0.2, -0.15) is 0 Å². The van der Waals surface area contributed by atoms with Gasteiger partial charge in [0, 0.05) is 13.1 Å². The Hall–Kier alpha value is -3.67. The molecule has 38 heavy (non-hydrogen) atoms. The molecule has 0 bridgehead atoms. The molecule has 0 spiro atoms. The number of nitrogens with one attached hydrogen (secondary N) is 2. The number of benzene rings is 1. The average molecular weight is 532 g/mol. The second-order valence-corrected chi connectivity index (χ2v) is 10.0. The Bertz CT molecular complexity index is 981. The summed E-state index contributed by atoms with van der Waals surface area (Å²) in [6.07, 6.45) is 2.18. The summed E-state index contributed by atoms with van der Waals surface area (Å²) in [4.78, 5) is 56.5. The number of hydrogen-bond acceptors (Lipinski definition) is 6. The minimum atomic E-state index is -1.15. The molecule has 1 aromatic rings. The van der Waals surface area contributed by atoms with Crippen molar-refractivity contribution in [1.29, 1.82) is 0 Å². The number of hydrogen-bond donors (Lipinski definition) is 6. The number of amides is 3. The van der Waals surface area contributed by atoms with Crippen molar-refractivity contribution in [3.63, 3.8) is 0 Å². The molecule has 0 saturated carbocycles. The van der Waals surface area contributed by atoms with Crippen molar-refractivity contribution in [2.24, 2.45) is 28.1 Å². The van der Waals surface area contributed by atoms with E-state index in [0.717, 1.165) is 5.56 Å². The molecule has 4 atom stereocenters. The Balaban J connectivity index is 2.11. The highest BCUT2D eigenvalue weighted by atomic mass is 16.4. The standard InChI is InChI=1S/C26H41N7O5/c1-16(2)14-20(25(37)38)32-22(34)19(10-6-12-30-26(28)29)31-23(35)21-11-7-13-33(21)24(36)18(27)15-17-8-4-3-5-9-17/h3-5,8-9,16,18-21H,6-7,10-15,27H2,1-2H3,(H,31,35)(H,32,34)(H,37,38)(H4,28,29,30). The number of carbonyl (C=O) groups is 4. The first kappa shape index (κ1) is 30.6. The number of carbonyl (C=O) groups excluding carboxylic acids is 3. The van der Waals surface area contributed by atoms with Gasteiger partial charge >= 0.3 is 5.97 Å². The first-order chi connectivity index (χ1) is 18.0. The highest BCUT2D eigenvalue weighted by molar-refractivity contribution is 5.94. The summed E-state index contributed by atoms with van der Waals surface area (Å²) in [5.74, 6) is -2.65. The van der Waals surface area contributed by atoms with Crippen LogP contribution in [0.15, 0.2) is 35.3 Å². The summed E-state index contributed by atoms with van der Waals surface area (Å²) < 4.78 is 0. The highest BCUT2D eigenvalue weighted by Gasteiger charge is 2.38. The van der Waals surface area contributed by atoms with Crippen molar-refractivity contribution in [1.82, 2.24) is 15.5 Å². The molecule has 1 aliphatic heterocycles. The van der Waals surface area contributed by atoms with E-state index in [4.69, 9.17) is 17.2 Å². The van der Waals surface area contributed by atoms with Gasteiger partial charge in [-0.1, -0.05) is 44.2 Å². The second-order valence-electron chi connectivity index (χ2n) is 10.0. The van der Waals surface area contributed by atoms with Crippen LogP contribution in [0.2, 0.25) is 0 Å². The molecule has 1 saturated heterocycles. The molecule has 210 valence electrons. The molecule has 1 aromatic carbocycles. The molecule has 0 radical (unpaired) electrons. The fraction of sp³-hybridized carbons (Fsp3) is 0.577. The van der Waals surface area contributed by atoms with Crippen LogP contribution in [0.5, 0.6) is 0 Å². The van der Waals surface area contributed by atoms with Gasteiger partial charge in [-0.25, -0.2) is 4.79 Å². The van der Waals surface area contributed by atoms with E-state index in [9.17, 15) is 24.3 Å². The third-order valence-electron chi connectivity index (χ3n) is 6.35. The van der Waals surface area contributed by atoms with E-state index in [1.54, 1.807) is 0 Å². The van der Waals surface area contributed by atoms with Crippen LogP contribution in [0.4, 0.5) is 0 Å². The molecule has 12 nitrogen and oxygen atoms in total. The minimum absolute atomic E-state index is 0.0319. The van der Waals surface area contributed by atoms with Crippen LogP contribution in [0.25, 0.3) is 0 Å². The predicted molar refractivity (Wildman–Crippen MR) is 144 cm³/mol. The largest absolute Gasteiger partial charge is 0.480 e. The van der Waals surface area contributed by atoms with Gasteiger partial charge in [0.2, 0.25) is 17.7 Å². The Kier molecular flexibility index (Phi) is 12.0. The van der Waals surface area contributed by atoms with Crippen LogP contribution >= 0.6 is 0 Å². The van der Waals surface area contributed by atoms with E-state index in [0.29, 0.717) is 32.2 Å². The van der Waals surface area contributed by atoms with Gasteiger partial charge in [-0.3, -0.25) is 19.4 Å². The summed E-state index contributed by atoms with van der Waals surface area (Å²) in [6.45, 7) is 4.32. The van der Waals surface area contributed by atoms with Gasteiger partial charge < -0.3 is 37.8 Å². The van der Waals surface area contributed by atoms with Crippen LogP contribution in [-0.4, -0.2) is 76.9 Å². The van der Waals surface area contributed by atoms with Crippen molar-refractivity contribution < 1.29 is 24.3 Å². The highest BCUT2D eigenvalue weighted by Crippen LogP contribution is 2.20. The van der Waals surface area contributed by atoms with Gasteiger partial charge in [-0.05, 0) is 50.0 Å². The number of guanidine groups is 1. The van der Waals surface area contributed by atoms with E-state index in [2.05, 4.69) is 15.6 Å². The second kappa shape index (κ2) is 14.9. The smallest absolute Gasteiger partial charge is 0.326 e. The van der Waals surface area contributed by atoms with E-state index in [1.165, 1.54) is 4.90 Å². The molecule has 0 aromatic heterocycles. The van der Waals surface area contributed by atoms with E-state index in [-0.39, 0.29) is 37.2 Å². The molecular formula is C26H41N7O5. The Morgan fingerprint density at radius 3 is 2.39 bits per heavy atom. The van der Waals surface area contributed by atoms with Crippen LogP contribution in [0, 0.1) is 5.92 Å². The third kappa shape index (κ3) is 9.66. The number of carboxylic acid groups (broad SMARTS) is 1. The molecule has 12 heteroatoms. The van der Waals surface area contributed by atoms with Crippen LogP contribution in [0.1, 0.15) is 51.5 Å². The Labute approximate surface area is 223 Å². The minimum Gasteiger partial charge on any atom is -0.480 e. The number of nitrogens with two attached hydrogens (primary N) is 3.